The molecule has 0 unspecified atom stereocenters. The third-order valence-electron chi connectivity index (χ3n) is 4.36. The minimum atomic E-state index is 0. The van der Waals surface area contributed by atoms with Gasteiger partial charge >= 0.3 is 0 Å². The lowest BCUT2D eigenvalue weighted by Crippen LogP contribution is -2.38. The summed E-state index contributed by atoms with van der Waals surface area (Å²) in [7, 11) is 4.01. The van der Waals surface area contributed by atoms with Crippen LogP contribution >= 0.6 is 35.3 Å². The first-order chi connectivity index (χ1) is 13.1. The molecule has 0 saturated carbocycles. The van der Waals surface area contributed by atoms with Crippen molar-refractivity contribution in [3.05, 3.63) is 46.6 Å². The number of guanidine groups is 1. The monoisotopic (exact) mass is 512 g/mol. The van der Waals surface area contributed by atoms with E-state index >= 15 is 0 Å². The number of thiazole rings is 1. The minimum absolute atomic E-state index is 0. The molecule has 0 bridgehead atoms. The van der Waals surface area contributed by atoms with E-state index in [4.69, 9.17) is 0 Å². The number of hydrogen-bond acceptors (Lipinski definition) is 4. The molecule has 2 aromatic heterocycles. The second-order valence-electron chi connectivity index (χ2n) is 6.70. The molecule has 3 N–H and O–H groups in total. The van der Waals surface area contributed by atoms with Gasteiger partial charge in [0.1, 0.15) is 0 Å². The summed E-state index contributed by atoms with van der Waals surface area (Å²) in [5, 5.41) is 11.1. The van der Waals surface area contributed by atoms with Crippen LogP contribution in [0.25, 0.3) is 10.9 Å². The summed E-state index contributed by atoms with van der Waals surface area (Å²) in [6, 6.07) is 6.43. The third-order valence-corrected chi connectivity index (χ3v) is 5.42. The van der Waals surface area contributed by atoms with Gasteiger partial charge < -0.3 is 20.5 Å². The van der Waals surface area contributed by atoms with Crippen LogP contribution in [0.1, 0.15) is 23.7 Å². The highest BCUT2D eigenvalue weighted by Crippen LogP contribution is 2.21. The number of fused-ring (bicyclic) bond motifs is 1. The first kappa shape index (κ1) is 22.5. The Labute approximate surface area is 187 Å². The van der Waals surface area contributed by atoms with E-state index < -0.39 is 0 Å². The fraction of sp³-hybridized carbons (Fsp3) is 0.400. The van der Waals surface area contributed by atoms with Crippen molar-refractivity contribution in [1.82, 2.24) is 20.6 Å². The van der Waals surface area contributed by atoms with Crippen LogP contribution in [-0.4, -0.2) is 43.1 Å². The van der Waals surface area contributed by atoms with Gasteiger partial charge in [-0.25, -0.2) is 9.98 Å². The number of nitrogens with one attached hydrogen (secondary N) is 3. The zero-order chi connectivity index (χ0) is 19.2. The number of aliphatic imine (C=N–C) groups is 1. The smallest absolute Gasteiger partial charge is 0.191 e. The van der Waals surface area contributed by atoms with Gasteiger partial charge in [-0.15, -0.1) is 35.3 Å². The lowest BCUT2D eigenvalue weighted by atomic mass is 10.1. The summed E-state index contributed by atoms with van der Waals surface area (Å²) in [5.74, 6) is 0.827. The Kier molecular flexibility index (Phi) is 8.56. The first-order valence-corrected chi connectivity index (χ1v) is 10.2. The van der Waals surface area contributed by atoms with Crippen LogP contribution in [0.3, 0.4) is 0 Å². The topological polar surface area (TPSA) is 68.3 Å². The van der Waals surface area contributed by atoms with Gasteiger partial charge in [0, 0.05) is 49.7 Å². The molecule has 0 aliphatic heterocycles. The van der Waals surface area contributed by atoms with Crippen LogP contribution in [0.5, 0.6) is 0 Å². The SMILES string of the molecule is CCNC(=NCc1csc(N(C)C)n1)NCCc1c[nH]c2c(C)cccc12.I. The maximum atomic E-state index is 4.66. The molecule has 28 heavy (non-hydrogen) atoms. The summed E-state index contributed by atoms with van der Waals surface area (Å²) < 4.78 is 0. The van der Waals surface area contributed by atoms with Crippen LogP contribution in [0.4, 0.5) is 5.13 Å². The second kappa shape index (κ2) is 10.7. The zero-order valence-electron chi connectivity index (χ0n) is 16.9. The molecule has 3 rings (SSSR count). The van der Waals surface area contributed by atoms with Crippen molar-refractivity contribution in [2.24, 2.45) is 4.99 Å². The Morgan fingerprint density at radius 1 is 1.29 bits per heavy atom. The van der Waals surface area contributed by atoms with Crippen molar-refractivity contribution in [2.45, 2.75) is 26.8 Å². The van der Waals surface area contributed by atoms with Crippen molar-refractivity contribution in [1.29, 1.82) is 0 Å². The number of nitrogens with zero attached hydrogens (tertiary/aromatic N) is 3. The zero-order valence-corrected chi connectivity index (χ0v) is 20.0. The van der Waals surface area contributed by atoms with E-state index in [9.17, 15) is 0 Å². The van der Waals surface area contributed by atoms with Crippen LogP contribution in [0, 0.1) is 6.92 Å². The number of benzene rings is 1. The summed E-state index contributed by atoms with van der Waals surface area (Å²) in [6.07, 6.45) is 3.05. The Morgan fingerprint density at radius 3 is 2.82 bits per heavy atom. The van der Waals surface area contributed by atoms with Crippen molar-refractivity contribution in [2.75, 3.05) is 32.1 Å². The first-order valence-electron chi connectivity index (χ1n) is 9.28. The number of halogens is 1. The van der Waals surface area contributed by atoms with E-state index in [2.05, 4.69) is 69.2 Å². The molecule has 0 spiro atoms. The third kappa shape index (κ3) is 5.60. The maximum Gasteiger partial charge on any atom is 0.191 e. The van der Waals surface area contributed by atoms with E-state index in [1.54, 1.807) is 11.3 Å². The van der Waals surface area contributed by atoms with Crippen LogP contribution < -0.4 is 15.5 Å². The lowest BCUT2D eigenvalue weighted by molar-refractivity contribution is 0.799. The van der Waals surface area contributed by atoms with Crippen molar-refractivity contribution in [3.63, 3.8) is 0 Å². The summed E-state index contributed by atoms with van der Waals surface area (Å²) in [4.78, 5) is 14.7. The average Bonchev–Trinajstić information content (AvgIpc) is 3.28. The highest BCUT2D eigenvalue weighted by molar-refractivity contribution is 14.0. The van der Waals surface area contributed by atoms with Crippen LogP contribution in [-0.2, 0) is 13.0 Å². The molecule has 0 aliphatic carbocycles. The van der Waals surface area contributed by atoms with Crippen LogP contribution in [0.15, 0.2) is 34.8 Å². The average molecular weight is 512 g/mol. The van der Waals surface area contributed by atoms with E-state index in [0.29, 0.717) is 6.54 Å². The minimum Gasteiger partial charge on any atom is -0.361 e. The predicted octanol–water partition coefficient (Wildman–Crippen LogP) is 3.91. The fourth-order valence-electron chi connectivity index (χ4n) is 2.96. The number of anilines is 1. The van der Waals surface area contributed by atoms with E-state index in [1.807, 2.05) is 19.0 Å². The Bertz CT molecular complexity index is 914. The van der Waals surface area contributed by atoms with Gasteiger partial charge in [0.25, 0.3) is 0 Å². The maximum absolute atomic E-state index is 4.66. The molecule has 0 atom stereocenters. The molecule has 6 nitrogen and oxygen atoms in total. The molecule has 0 radical (unpaired) electrons. The molecule has 3 aromatic rings. The quantitative estimate of drug-likeness (QED) is 0.255. The molecule has 152 valence electrons. The number of aryl methyl sites for hydroxylation is 1. The standard InChI is InChI=1S/C20H28N6S.HI/c1-5-21-19(24-12-16-13-27-20(25-16)26(3)4)22-10-9-15-11-23-18-14(2)7-6-8-17(15)18;/h6-8,11,13,23H,5,9-10,12H2,1-4H3,(H2,21,22,24);1H. The number of rotatable bonds is 7. The Hall–Kier alpha value is -1.81. The summed E-state index contributed by atoms with van der Waals surface area (Å²) >= 11 is 1.64. The van der Waals surface area contributed by atoms with Crippen molar-refractivity contribution < 1.29 is 0 Å². The number of aromatic amines is 1. The largest absolute Gasteiger partial charge is 0.361 e. The normalized spacial score (nSPS) is 11.4. The summed E-state index contributed by atoms with van der Waals surface area (Å²) in [5.41, 5.74) is 4.83. The van der Waals surface area contributed by atoms with Gasteiger partial charge in [0.05, 0.1) is 12.2 Å². The molecule has 8 heteroatoms. The van der Waals surface area contributed by atoms with E-state index in [1.165, 1.54) is 22.0 Å². The van der Waals surface area contributed by atoms with Gasteiger partial charge in [-0.2, -0.15) is 0 Å². The Morgan fingerprint density at radius 2 is 2.11 bits per heavy atom. The molecule has 0 aliphatic rings. The van der Waals surface area contributed by atoms with Gasteiger partial charge in [-0.3, -0.25) is 0 Å². The fourth-order valence-corrected chi connectivity index (χ4v) is 3.71. The molecule has 0 amide bonds. The Balaban J connectivity index is 0.00000280. The molecule has 1 aromatic carbocycles. The second-order valence-corrected chi connectivity index (χ2v) is 7.54. The number of hydrogen-bond donors (Lipinski definition) is 3. The van der Waals surface area contributed by atoms with Crippen molar-refractivity contribution >= 4 is 57.3 Å². The highest BCUT2D eigenvalue weighted by Gasteiger charge is 2.06. The molecule has 0 saturated heterocycles. The lowest BCUT2D eigenvalue weighted by Gasteiger charge is -2.11. The molecular weight excluding hydrogens is 483 g/mol. The van der Waals surface area contributed by atoms with Crippen LogP contribution in [0.2, 0.25) is 0 Å². The molecule has 2 heterocycles. The van der Waals surface area contributed by atoms with E-state index in [-0.39, 0.29) is 24.0 Å². The number of aromatic nitrogens is 2. The van der Waals surface area contributed by atoms with Crippen molar-refractivity contribution in [3.8, 4) is 0 Å². The molecule has 0 fully saturated rings. The highest BCUT2D eigenvalue weighted by atomic mass is 127. The van der Waals surface area contributed by atoms with Gasteiger partial charge in [-0.05, 0) is 31.4 Å². The van der Waals surface area contributed by atoms with Gasteiger partial charge in [-0.1, -0.05) is 18.2 Å². The number of para-hydroxylation sites is 1. The van der Waals surface area contributed by atoms with Gasteiger partial charge in [0.2, 0.25) is 0 Å². The predicted molar refractivity (Wildman–Crippen MR) is 131 cm³/mol. The number of H-pyrrole nitrogens is 1. The van der Waals surface area contributed by atoms with E-state index in [0.717, 1.165) is 36.3 Å². The molecular formula is C20H29IN6S. The van der Waals surface area contributed by atoms with Gasteiger partial charge in [0.15, 0.2) is 11.1 Å². The summed E-state index contributed by atoms with van der Waals surface area (Å²) in [6.45, 7) is 6.44.